The molecular formula is C28H54DyN13O17+4. The summed E-state index contributed by atoms with van der Waals surface area (Å²) in [7, 11) is 0. The molecule has 0 amide bonds. The van der Waals surface area contributed by atoms with Crippen LogP contribution < -0.4 is 49.5 Å². The van der Waals surface area contributed by atoms with Crippen LogP contribution >= 0.6 is 0 Å². The first-order valence-electron chi connectivity index (χ1n) is 13.2. The second-order valence-corrected chi connectivity index (χ2v) is 7.53. The van der Waals surface area contributed by atoms with Gasteiger partial charge in [0, 0.05) is 0 Å². The van der Waals surface area contributed by atoms with Gasteiger partial charge in [-0.2, -0.15) is 42.1 Å². The summed E-state index contributed by atoms with van der Waals surface area (Å²) in [6, 6.07) is 10.7. The van der Waals surface area contributed by atoms with Gasteiger partial charge in [-0.15, -0.1) is 0 Å². The van der Waals surface area contributed by atoms with Gasteiger partial charge in [-0.05, 0) is 23.5 Å². The van der Waals surface area contributed by atoms with Crippen LogP contribution in [0.5, 0.6) is 0 Å². The van der Waals surface area contributed by atoms with E-state index in [2.05, 4.69) is 22.9 Å². The number of hydrogen-bond acceptors (Lipinski definition) is 22. The summed E-state index contributed by atoms with van der Waals surface area (Å²) in [5, 5.41) is 103. The van der Waals surface area contributed by atoms with Crippen molar-refractivity contribution in [2.75, 3.05) is 79.3 Å². The molecule has 339 valence electrons. The van der Waals surface area contributed by atoms with Gasteiger partial charge in [-0.1, -0.05) is 0 Å². The van der Waals surface area contributed by atoms with Crippen molar-refractivity contribution in [1.29, 1.82) is 42.1 Å². The maximum atomic E-state index is 9.90. The van der Waals surface area contributed by atoms with Crippen molar-refractivity contribution in [2.45, 2.75) is 0 Å². The third kappa shape index (κ3) is 67.1. The number of nitrogens with zero attached hydrogens (tertiary/aromatic N) is 8. The van der Waals surface area contributed by atoms with Crippen LogP contribution in [0, 0.1) is 129 Å². The molecule has 1 heterocycles. The van der Waals surface area contributed by atoms with Crippen molar-refractivity contribution >= 4 is 0 Å². The second kappa shape index (κ2) is 69.9. The summed E-state index contributed by atoms with van der Waals surface area (Å²) >= 11 is 0. The Kier molecular flexibility index (Phi) is 106. The molecule has 1 aliphatic rings. The molecule has 0 spiro atoms. The Morgan fingerprint density at radius 2 is 0.407 bits per heavy atom. The van der Waals surface area contributed by atoms with Crippen LogP contribution in [0.15, 0.2) is 45.8 Å². The summed E-state index contributed by atoms with van der Waals surface area (Å²) < 4.78 is 32.0. The molecule has 1 saturated heterocycles. The van der Waals surface area contributed by atoms with E-state index in [1.807, 2.05) is 0 Å². The Labute approximate surface area is 368 Å². The van der Waals surface area contributed by atoms with E-state index in [0.29, 0.717) is 79.3 Å². The number of nitrogens with two attached hydrogens (primary N) is 4. The quantitative estimate of drug-likeness (QED) is 0.0854. The van der Waals surface area contributed by atoms with Gasteiger partial charge in [0.15, 0.2) is 0 Å². The molecule has 0 aromatic rings. The van der Waals surface area contributed by atoms with Gasteiger partial charge in [0.2, 0.25) is 0 Å². The number of hydrogen-bond donors (Lipinski definition) is 5. The predicted octanol–water partition coefficient (Wildman–Crippen LogP) is -11.4. The van der Waals surface area contributed by atoms with E-state index in [4.69, 9.17) is 70.5 Å². The molecule has 0 unspecified atom stereocenters. The Morgan fingerprint density at radius 1 is 0.322 bits per heavy atom. The topological polar surface area (TPSA) is 705 Å². The largest absolute Gasteiger partial charge is 3.00 e. The minimum absolute atomic E-state index is 0. The normalized spacial score (nSPS) is 10.7. The van der Waals surface area contributed by atoms with E-state index in [-0.39, 0.29) is 82.7 Å². The Balaban J connectivity index is -0.0000000413. The summed E-state index contributed by atoms with van der Waals surface area (Å²) in [5.41, 5.74) is 15.9. The molecule has 0 aliphatic carbocycles. The van der Waals surface area contributed by atoms with E-state index >= 15 is 0 Å². The fourth-order valence-corrected chi connectivity index (χ4v) is 1.86. The van der Waals surface area contributed by atoms with Gasteiger partial charge in [0.05, 0.1) is 79.3 Å². The van der Waals surface area contributed by atoms with Gasteiger partial charge in [-0.25, -0.2) is 0 Å². The van der Waals surface area contributed by atoms with Crippen LogP contribution in [-0.2, 0) is 50.3 Å². The van der Waals surface area contributed by atoms with E-state index in [1.54, 1.807) is 0 Å². The van der Waals surface area contributed by atoms with Gasteiger partial charge in [-0.3, -0.25) is 0 Å². The van der Waals surface area contributed by atoms with Crippen molar-refractivity contribution in [2.24, 2.45) is 22.9 Å². The number of nitriles is 8. The summed E-state index contributed by atoms with van der Waals surface area (Å²) in [5.74, 6) is -3.91. The minimum atomic E-state index is -0.977. The van der Waals surface area contributed by atoms with Crippen LogP contribution in [0.1, 0.15) is 0 Å². The van der Waals surface area contributed by atoms with Gasteiger partial charge in [0.1, 0.15) is 70.8 Å². The molecule has 1 radical (unpaired) electrons. The van der Waals surface area contributed by atoms with Crippen LogP contribution in [-0.4, -0.2) is 95.7 Å². The number of allylic oxidation sites excluding steroid dienone is 4. The van der Waals surface area contributed by atoms with Crippen LogP contribution in [0.4, 0.5) is 0 Å². The Bertz CT molecular complexity index is 1140. The Morgan fingerprint density at radius 3 is 0.441 bits per heavy atom. The van der Waals surface area contributed by atoms with Crippen molar-refractivity contribution in [3.8, 4) is 48.6 Å². The monoisotopic (exact) mass is 1010 g/mol. The number of quaternary nitrogens is 1. The van der Waals surface area contributed by atoms with E-state index in [1.165, 1.54) is 48.6 Å². The maximum absolute atomic E-state index is 9.90. The molecule has 0 aromatic heterocycles. The molecule has 1 aliphatic heterocycles. The van der Waals surface area contributed by atoms with Gasteiger partial charge in [0.25, 0.3) is 0 Å². The standard InChI is InChI=1S/C12H24O6.4C4H3N3O.Dy.H3N.7H2O/c1-2-14-5-6-16-9-10-18-12-11-17-8-7-15-4-3-13-1;4*5-1-3(2-6)4(7)8;;;;;;;;;/h1-12H2;4*8H,7H2;;1H3;7*1H2/q;;;;;+3;;;;;;;;/p+1. The third-order valence-electron chi connectivity index (χ3n) is 4.11. The van der Waals surface area contributed by atoms with Crippen LogP contribution in [0.25, 0.3) is 0 Å². The maximum Gasteiger partial charge on any atom is 3.00 e. The van der Waals surface area contributed by atoms with E-state index < -0.39 is 45.8 Å². The van der Waals surface area contributed by atoms with Crippen LogP contribution in [0.3, 0.4) is 0 Å². The average molecular weight is 1010 g/mol. The zero-order valence-corrected chi connectivity index (χ0v) is 33.6. The smallest absolute Gasteiger partial charge is 0.859 e. The average Bonchev–Trinajstić information content (AvgIpc) is 3.07. The minimum Gasteiger partial charge on any atom is -0.859 e. The van der Waals surface area contributed by atoms with Gasteiger partial charge >= 0.3 is 38.2 Å². The van der Waals surface area contributed by atoms with E-state index in [9.17, 15) is 20.4 Å². The summed E-state index contributed by atoms with van der Waals surface area (Å²) in [6.45, 7) is 7.04. The van der Waals surface area contributed by atoms with Crippen LogP contribution in [0.2, 0.25) is 0 Å². The zero-order valence-electron chi connectivity index (χ0n) is 31.6. The molecule has 0 saturated carbocycles. The third-order valence-corrected chi connectivity index (χ3v) is 4.11. The molecular weight excluding hydrogens is 953 g/mol. The van der Waals surface area contributed by atoms with Crippen molar-refractivity contribution in [3.63, 3.8) is 0 Å². The van der Waals surface area contributed by atoms with Gasteiger partial charge < -0.3 is 116 Å². The molecule has 0 aromatic carbocycles. The van der Waals surface area contributed by atoms with Crippen molar-refractivity contribution in [1.82, 2.24) is 6.15 Å². The summed E-state index contributed by atoms with van der Waals surface area (Å²) in [4.78, 5) is 0. The van der Waals surface area contributed by atoms with Crippen molar-refractivity contribution in [3.05, 3.63) is 45.8 Å². The second-order valence-electron chi connectivity index (χ2n) is 7.53. The van der Waals surface area contributed by atoms with E-state index in [0.717, 1.165) is 0 Å². The molecule has 0 atom stereocenters. The summed E-state index contributed by atoms with van der Waals surface area (Å²) in [6.07, 6.45) is 0. The first-order chi connectivity index (χ1) is 23.9. The fraction of sp³-hybridized carbons (Fsp3) is 0.429. The molecule has 0 bridgehead atoms. The Hall–Kier alpha value is -6.01. The molecule has 59 heavy (non-hydrogen) atoms. The number of ether oxygens (including phenoxy) is 6. The van der Waals surface area contributed by atoms with Crippen molar-refractivity contribution < 1.29 is 125 Å². The molecule has 30 N–H and O–H groups in total. The predicted molar refractivity (Wildman–Crippen MR) is 191 cm³/mol. The number of rotatable bonds is 0. The first-order valence-corrected chi connectivity index (χ1v) is 13.2. The molecule has 1 rings (SSSR count). The molecule has 30 nitrogen and oxygen atoms in total. The molecule has 31 heteroatoms. The SMILES string of the molecule is C1COCCOCCOCCOCCOCCO1.N#CC(C#N)=C(N)[O-].N#CC(C#N)=C(N)[O-].N#CC(C#N)=C(N)[O-].N#CC(C#N)=C(N)[O-].O.O.O.[Dy+3].[NH4+].[OH3+].[OH3+].[OH3+].[OH3+]. The zero-order chi connectivity index (χ0) is 39.0. The first kappa shape index (κ1) is 89.6. The fourth-order valence-electron chi connectivity index (χ4n) is 1.86. The molecule has 1 fully saturated rings.